The van der Waals surface area contributed by atoms with Crippen LogP contribution in [0.2, 0.25) is 0 Å². The summed E-state index contributed by atoms with van der Waals surface area (Å²) in [4.78, 5) is 25.6. The van der Waals surface area contributed by atoms with Gasteiger partial charge in [-0.15, -0.1) is 0 Å². The van der Waals surface area contributed by atoms with Gasteiger partial charge in [0.2, 0.25) is 5.95 Å². The van der Waals surface area contributed by atoms with Gasteiger partial charge < -0.3 is 15.1 Å². The lowest BCUT2D eigenvalue weighted by Gasteiger charge is -2.35. The van der Waals surface area contributed by atoms with E-state index in [4.69, 9.17) is 0 Å². The van der Waals surface area contributed by atoms with Crippen LogP contribution in [0, 0.1) is 6.92 Å². The second-order valence-electron chi connectivity index (χ2n) is 5.87. The molecule has 6 nitrogen and oxygen atoms in total. The molecule has 0 aliphatic carbocycles. The van der Waals surface area contributed by atoms with E-state index in [1.54, 1.807) is 0 Å². The number of aromatic nitrogens is 2. The molecule has 1 aliphatic rings. The average Bonchev–Trinajstić information content (AvgIpc) is 2.62. The summed E-state index contributed by atoms with van der Waals surface area (Å²) in [6.45, 7) is 7.75. The third-order valence-electron chi connectivity index (χ3n) is 4.09. The fourth-order valence-electron chi connectivity index (χ4n) is 2.85. The number of rotatable bonds is 4. The van der Waals surface area contributed by atoms with Crippen LogP contribution in [0.4, 0.5) is 11.8 Å². The molecule has 2 aromatic rings. The van der Waals surface area contributed by atoms with Crippen LogP contribution in [0.15, 0.2) is 36.4 Å². The highest BCUT2D eigenvalue weighted by Gasteiger charge is 2.23. The number of carbonyl (C=O) groups is 1. The van der Waals surface area contributed by atoms with Crippen molar-refractivity contribution >= 4 is 17.7 Å². The molecule has 0 radical (unpaired) electrons. The number of benzene rings is 1. The van der Waals surface area contributed by atoms with Crippen molar-refractivity contribution in [1.82, 2.24) is 14.9 Å². The van der Waals surface area contributed by atoms with Crippen LogP contribution in [0.1, 0.15) is 23.0 Å². The number of nitrogens with one attached hydrogen (secondary N) is 1. The molecule has 1 N–H and O–H groups in total. The van der Waals surface area contributed by atoms with E-state index in [1.807, 2.05) is 55.1 Å². The predicted molar refractivity (Wildman–Crippen MR) is 95.5 cm³/mol. The Balaban J connectivity index is 1.66. The van der Waals surface area contributed by atoms with Crippen molar-refractivity contribution in [2.24, 2.45) is 0 Å². The number of aryl methyl sites for hydroxylation is 1. The Kier molecular flexibility index (Phi) is 4.93. The molecule has 0 unspecified atom stereocenters. The third-order valence-corrected chi connectivity index (χ3v) is 4.09. The molecule has 1 amide bonds. The van der Waals surface area contributed by atoms with Gasteiger partial charge in [-0.2, -0.15) is 4.98 Å². The van der Waals surface area contributed by atoms with E-state index < -0.39 is 0 Å². The van der Waals surface area contributed by atoms with E-state index in [-0.39, 0.29) is 5.91 Å². The Bertz CT molecular complexity index is 696. The Hall–Kier alpha value is -2.63. The van der Waals surface area contributed by atoms with Gasteiger partial charge in [0, 0.05) is 50.0 Å². The van der Waals surface area contributed by atoms with E-state index in [2.05, 4.69) is 20.2 Å². The first-order chi connectivity index (χ1) is 11.7. The first-order valence-electron chi connectivity index (χ1n) is 8.36. The number of amides is 1. The van der Waals surface area contributed by atoms with Crippen LogP contribution in [0.3, 0.4) is 0 Å². The van der Waals surface area contributed by atoms with E-state index in [1.165, 1.54) is 0 Å². The molecule has 1 saturated heterocycles. The van der Waals surface area contributed by atoms with Crippen molar-refractivity contribution in [2.75, 3.05) is 42.9 Å². The first kappa shape index (κ1) is 16.2. The summed E-state index contributed by atoms with van der Waals surface area (Å²) >= 11 is 0. The van der Waals surface area contributed by atoms with Gasteiger partial charge in [-0.05, 0) is 26.0 Å². The minimum atomic E-state index is 0.0995. The second-order valence-corrected chi connectivity index (χ2v) is 5.87. The highest BCUT2D eigenvalue weighted by molar-refractivity contribution is 5.94. The van der Waals surface area contributed by atoms with Crippen molar-refractivity contribution < 1.29 is 4.79 Å². The molecular formula is C18H23N5O. The van der Waals surface area contributed by atoms with E-state index in [0.29, 0.717) is 19.0 Å². The van der Waals surface area contributed by atoms with Gasteiger partial charge in [-0.25, -0.2) is 4.98 Å². The van der Waals surface area contributed by atoms with Gasteiger partial charge in [-0.3, -0.25) is 4.79 Å². The van der Waals surface area contributed by atoms with Gasteiger partial charge >= 0.3 is 0 Å². The number of anilines is 2. The molecule has 0 spiro atoms. The maximum Gasteiger partial charge on any atom is 0.253 e. The van der Waals surface area contributed by atoms with E-state index in [0.717, 1.165) is 36.7 Å². The molecule has 0 bridgehead atoms. The molecular weight excluding hydrogens is 302 g/mol. The van der Waals surface area contributed by atoms with Crippen molar-refractivity contribution in [1.29, 1.82) is 0 Å². The van der Waals surface area contributed by atoms with E-state index in [9.17, 15) is 4.79 Å². The van der Waals surface area contributed by atoms with Gasteiger partial charge in [0.25, 0.3) is 5.91 Å². The minimum absolute atomic E-state index is 0.0995. The van der Waals surface area contributed by atoms with Gasteiger partial charge in [0.1, 0.15) is 5.82 Å². The van der Waals surface area contributed by atoms with Crippen molar-refractivity contribution in [3.63, 3.8) is 0 Å². The van der Waals surface area contributed by atoms with Gasteiger partial charge in [-0.1, -0.05) is 18.2 Å². The Morgan fingerprint density at radius 2 is 1.83 bits per heavy atom. The SMILES string of the molecule is CCNc1nc(C)cc(N2CCN(C(=O)c3ccccc3)CC2)n1. The van der Waals surface area contributed by atoms with Crippen LogP contribution >= 0.6 is 0 Å². The Morgan fingerprint density at radius 3 is 2.50 bits per heavy atom. The number of hydrogen-bond acceptors (Lipinski definition) is 5. The molecule has 1 aromatic heterocycles. The standard InChI is InChI=1S/C18H23N5O/c1-3-19-18-20-14(2)13-16(21-18)22-9-11-23(12-10-22)17(24)15-7-5-4-6-8-15/h4-8,13H,3,9-12H2,1-2H3,(H,19,20,21). The lowest BCUT2D eigenvalue weighted by molar-refractivity contribution is 0.0746. The van der Waals surface area contributed by atoms with Crippen LogP contribution < -0.4 is 10.2 Å². The topological polar surface area (TPSA) is 61.4 Å². The minimum Gasteiger partial charge on any atom is -0.354 e. The summed E-state index contributed by atoms with van der Waals surface area (Å²) in [7, 11) is 0. The summed E-state index contributed by atoms with van der Waals surface area (Å²) in [6, 6.07) is 11.4. The fraction of sp³-hybridized carbons (Fsp3) is 0.389. The van der Waals surface area contributed by atoms with Crippen molar-refractivity contribution in [3.8, 4) is 0 Å². The average molecular weight is 325 g/mol. The maximum atomic E-state index is 12.5. The molecule has 2 heterocycles. The summed E-state index contributed by atoms with van der Waals surface area (Å²) in [6.07, 6.45) is 0. The number of nitrogens with zero attached hydrogens (tertiary/aromatic N) is 4. The molecule has 0 saturated carbocycles. The highest BCUT2D eigenvalue weighted by atomic mass is 16.2. The smallest absolute Gasteiger partial charge is 0.253 e. The zero-order valence-electron chi connectivity index (χ0n) is 14.2. The highest BCUT2D eigenvalue weighted by Crippen LogP contribution is 2.18. The van der Waals surface area contributed by atoms with Gasteiger partial charge in [0.05, 0.1) is 0 Å². The Labute approximate surface area is 142 Å². The number of carbonyl (C=O) groups excluding carboxylic acids is 1. The normalized spacial score (nSPS) is 14.6. The largest absolute Gasteiger partial charge is 0.354 e. The number of piperazine rings is 1. The van der Waals surface area contributed by atoms with Crippen LogP contribution in [0.25, 0.3) is 0 Å². The van der Waals surface area contributed by atoms with Crippen LogP contribution in [-0.2, 0) is 0 Å². The summed E-state index contributed by atoms with van der Waals surface area (Å²) < 4.78 is 0. The zero-order chi connectivity index (χ0) is 16.9. The summed E-state index contributed by atoms with van der Waals surface area (Å²) in [5.74, 6) is 1.68. The molecule has 1 aromatic carbocycles. The second kappa shape index (κ2) is 7.29. The van der Waals surface area contributed by atoms with Crippen LogP contribution in [-0.4, -0.2) is 53.5 Å². The predicted octanol–water partition coefficient (Wildman–Crippen LogP) is 2.18. The van der Waals surface area contributed by atoms with Gasteiger partial charge in [0.15, 0.2) is 0 Å². The first-order valence-corrected chi connectivity index (χ1v) is 8.36. The monoisotopic (exact) mass is 325 g/mol. The van der Waals surface area contributed by atoms with Crippen molar-refractivity contribution in [2.45, 2.75) is 13.8 Å². The third kappa shape index (κ3) is 3.64. The fourth-order valence-corrected chi connectivity index (χ4v) is 2.85. The van der Waals surface area contributed by atoms with E-state index >= 15 is 0 Å². The van der Waals surface area contributed by atoms with Crippen molar-refractivity contribution in [3.05, 3.63) is 47.7 Å². The molecule has 0 atom stereocenters. The molecule has 1 aliphatic heterocycles. The molecule has 126 valence electrons. The number of hydrogen-bond donors (Lipinski definition) is 1. The lowest BCUT2D eigenvalue weighted by Crippen LogP contribution is -2.49. The lowest BCUT2D eigenvalue weighted by atomic mass is 10.2. The maximum absolute atomic E-state index is 12.5. The quantitative estimate of drug-likeness (QED) is 0.933. The molecule has 1 fully saturated rings. The van der Waals surface area contributed by atoms with Crippen LogP contribution in [0.5, 0.6) is 0 Å². The Morgan fingerprint density at radius 1 is 1.12 bits per heavy atom. The summed E-state index contributed by atoms with van der Waals surface area (Å²) in [5.41, 5.74) is 1.69. The molecule has 24 heavy (non-hydrogen) atoms. The zero-order valence-corrected chi connectivity index (χ0v) is 14.2. The summed E-state index contributed by atoms with van der Waals surface area (Å²) in [5, 5.41) is 3.16. The molecule has 6 heteroatoms. The molecule has 3 rings (SSSR count).